The van der Waals surface area contributed by atoms with E-state index in [0.29, 0.717) is 0 Å². The molecule has 0 heteroatoms. The van der Waals surface area contributed by atoms with Gasteiger partial charge in [0.15, 0.2) is 0 Å². The van der Waals surface area contributed by atoms with Gasteiger partial charge in [-0.15, -0.1) is 0 Å². The largest absolute Gasteiger partial charge is 0.0654 e. The Balaban J connectivity index is 1.13. The van der Waals surface area contributed by atoms with E-state index < -0.39 is 0 Å². The van der Waals surface area contributed by atoms with Gasteiger partial charge >= 0.3 is 0 Å². The number of rotatable bonds is 22. The van der Waals surface area contributed by atoms with Gasteiger partial charge in [-0.25, -0.2) is 0 Å². The lowest BCUT2D eigenvalue weighted by Gasteiger charge is -2.03. The average molecular weight is 689 g/mol. The van der Waals surface area contributed by atoms with Crippen LogP contribution >= 0.6 is 0 Å². The third-order valence-electron chi connectivity index (χ3n) is 10.0. The molecule has 0 aromatic heterocycles. The van der Waals surface area contributed by atoms with Gasteiger partial charge in [0.25, 0.3) is 0 Å². The zero-order valence-electron chi connectivity index (χ0n) is 32.5. The first kappa shape index (κ1) is 40.5. The molecule has 272 valence electrons. The summed E-state index contributed by atoms with van der Waals surface area (Å²) in [6.45, 7) is 4.57. The molecule has 4 aromatic rings. The van der Waals surface area contributed by atoms with Crippen LogP contribution in [0.15, 0.2) is 97.1 Å². The van der Waals surface area contributed by atoms with Gasteiger partial charge in [0.1, 0.15) is 0 Å². The first-order valence-corrected chi connectivity index (χ1v) is 20.8. The van der Waals surface area contributed by atoms with Crippen molar-refractivity contribution < 1.29 is 0 Å². The fourth-order valence-corrected chi connectivity index (χ4v) is 6.63. The van der Waals surface area contributed by atoms with Crippen molar-refractivity contribution in [3.63, 3.8) is 0 Å². The summed E-state index contributed by atoms with van der Waals surface area (Å²) in [7, 11) is 0. The van der Waals surface area contributed by atoms with Gasteiger partial charge in [0.05, 0.1) is 0 Å². The molecule has 0 aliphatic heterocycles. The Hall–Kier alpha value is -4.26. The SMILES string of the molecule is CCCCCCCCCCCc1ccc(C#Cc2ccc(/C=C/c3ccc(C#Cc4ccc(CCCCCCCCCCC)cc4)cc3)cc2)cc1. The number of benzene rings is 4. The van der Waals surface area contributed by atoms with E-state index in [1.54, 1.807) is 0 Å². The molecule has 0 heterocycles. The highest BCUT2D eigenvalue weighted by atomic mass is 14.0. The summed E-state index contributed by atoms with van der Waals surface area (Å²) < 4.78 is 0. The standard InChI is InChI=1S/C52H64/c1-3-5-7-9-11-13-15-17-19-21-45-23-27-47(28-24-45)31-33-49-35-39-51(40-36-49)43-44-52-41-37-50(38-42-52)34-32-48-29-25-46(26-30-48)22-20-18-16-14-12-10-8-6-4-2/h23-30,35-44H,3-22H2,1-2H3/b44-43+. The Morgan fingerprint density at radius 1 is 0.308 bits per heavy atom. The highest BCUT2D eigenvalue weighted by Gasteiger charge is 1.98. The van der Waals surface area contributed by atoms with E-state index in [1.165, 1.54) is 140 Å². The zero-order chi connectivity index (χ0) is 36.3. The van der Waals surface area contributed by atoms with E-state index in [4.69, 9.17) is 0 Å². The van der Waals surface area contributed by atoms with E-state index in [9.17, 15) is 0 Å². The zero-order valence-corrected chi connectivity index (χ0v) is 32.5. The molecule has 0 aliphatic carbocycles. The Bertz CT molecular complexity index is 1530. The van der Waals surface area contributed by atoms with Crippen LogP contribution in [0, 0.1) is 23.7 Å². The Labute approximate surface area is 318 Å². The summed E-state index contributed by atoms with van der Waals surface area (Å²) in [5.41, 5.74) is 9.39. The van der Waals surface area contributed by atoms with Gasteiger partial charge in [-0.05, 0) is 96.5 Å². The summed E-state index contributed by atoms with van der Waals surface area (Å²) in [5.74, 6) is 13.3. The van der Waals surface area contributed by atoms with Crippen LogP contribution in [0.3, 0.4) is 0 Å². The molecule has 0 amide bonds. The van der Waals surface area contributed by atoms with Crippen molar-refractivity contribution in [3.8, 4) is 23.7 Å². The minimum atomic E-state index is 1.03. The van der Waals surface area contributed by atoms with Crippen molar-refractivity contribution in [2.24, 2.45) is 0 Å². The van der Waals surface area contributed by atoms with Crippen LogP contribution < -0.4 is 0 Å². The lowest BCUT2D eigenvalue weighted by molar-refractivity contribution is 0.565. The quantitative estimate of drug-likeness (QED) is 0.0438. The second-order valence-corrected chi connectivity index (χ2v) is 14.6. The third-order valence-corrected chi connectivity index (χ3v) is 10.0. The molecular weight excluding hydrogens is 625 g/mol. The monoisotopic (exact) mass is 689 g/mol. The molecule has 4 rings (SSSR count). The van der Waals surface area contributed by atoms with Crippen LogP contribution in [-0.4, -0.2) is 0 Å². The number of hydrogen-bond donors (Lipinski definition) is 0. The van der Waals surface area contributed by atoms with E-state index in [2.05, 4.69) is 147 Å². The molecule has 0 N–H and O–H groups in total. The Morgan fingerprint density at radius 3 is 0.846 bits per heavy atom. The molecule has 52 heavy (non-hydrogen) atoms. The van der Waals surface area contributed by atoms with Crippen molar-refractivity contribution in [1.29, 1.82) is 0 Å². The summed E-state index contributed by atoms with van der Waals surface area (Å²) in [5, 5.41) is 0. The van der Waals surface area contributed by atoms with E-state index in [1.807, 2.05) is 0 Å². The van der Waals surface area contributed by atoms with E-state index >= 15 is 0 Å². The topological polar surface area (TPSA) is 0 Å². The number of unbranched alkanes of at least 4 members (excludes halogenated alkanes) is 16. The lowest BCUT2D eigenvalue weighted by atomic mass is 10.0. The van der Waals surface area contributed by atoms with Gasteiger partial charge in [0.2, 0.25) is 0 Å². The predicted octanol–water partition coefficient (Wildman–Crippen LogP) is 14.8. The van der Waals surface area contributed by atoms with Crippen LogP contribution in [0.2, 0.25) is 0 Å². The molecule has 0 spiro atoms. The van der Waals surface area contributed by atoms with Crippen LogP contribution in [0.25, 0.3) is 12.2 Å². The molecule has 0 fully saturated rings. The van der Waals surface area contributed by atoms with Crippen LogP contribution in [0.1, 0.15) is 174 Å². The third kappa shape index (κ3) is 17.3. The lowest BCUT2D eigenvalue weighted by Crippen LogP contribution is -1.87. The fraction of sp³-hybridized carbons (Fsp3) is 0.423. The molecule has 0 unspecified atom stereocenters. The summed E-state index contributed by atoms with van der Waals surface area (Å²) in [6, 6.07) is 34.6. The molecule has 0 nitrogen and oxygen atoms in total. The van der Waals surface area contributed by atoms with Gasteiger partial charge in [0, 0.05) is 22.3 Å². The second-order valence-electron chi connectivity index (χ2n) is 14.6. The molecule has 0 bridgehead atoms. The van der Waals surface area contributed by atoms with Crippen molar-refractivity contribution in [2.75, 3.05) is 0 Å². The maximum atomic E-state index is 3.34. The Kier molecular flexibility index (Phi) is 20.0. The highest BCUT2D eigenvalue weighted by Crippen LogP contribution is 2.15. The average Bonchev–Trinajstić information content (AvgIpc) is 3.19. The van der Waals surface area contributed by atoms with E-state index in [0.717, 1.165) is 33.4 Å². The molecule has 4 aromatic carbocycles. The smallest absolute Gasteiger partial charge is 0.0249 e. The van der Waals surface area contributed by atoms with E-state index in [-0.39, 0.29) is 0 Å². The minimum Gasteiger partial charge on any atom is -0.0654 e. The van der Waals surface area contributed by atoms with Gasteiger partial charge in [-0.2, -0.15) is 0 Å². The number of aryl methyl sites for hydroxylation is 2. The predicted molar refractivity (Wildman–Crippen MR) is 229 cm³/mol. The maximum absolute atomic E-state index is 3.34. The fourth-order valence-electron chi connectivity index (χ4n) is 6.63. The van der Waals surface area contributed by atoms with Crippen molar-refractivity contribution in [2.45, 2.75) is 142 Å². The van der Waals surface area contributed by atoms with Crippen LogP contribution in [0.5, 0.6) is 0 Å². The molecule has 0 saturated heterocycles. The van der Waals surface area contributed by atoms with Crippen LogP contribution in [-0.2, 0) is 12.8 Å². The van der Waals surface area contributed by atoms with Crippen molar-refractivity contribution in [3.05, 3.63) is 142 Å². The Morgan fingerprint density at radius 2 is 0.558 bits per heavy atom. The molecule has 0 radical (unpaired) electrons. The summed E-state index contributed by atoms with van der Waals surface area (Å²) >= 11 is 0. The molecule has 0 saturated carbocycles. The summed E-state index contributed by atoms with van der Waals surface area (Å²) in [6.07, 6.45) is 31.4. The van der Waals surface area contributed by atoms with Crippen molar-refractivity contribution >= 4 is 12.2 Å². The molecule has 0 atom stereocenters. The first-order valence-electron chi connectivity index (χ1n) is 20.8. The normalized spacial score (nSPS) is 10.9. The minimum absolute atomic E-state index is 1.03. The van der Waals surface area contributed by atoms with Gasteiger partial charge in [-0.1, -0.05) is 201 Å². The highest BCUT2D eigenvalue weighted by molar-refractivity contribution is 5.70. The van der Waals surface area contributed by atoms with Crippen molar-refractivity contribution in [1.82, 2.24) is 0 Å². The first-order chi connectivity index (χ1) is 25.7. The summed E-state index contributed by atoms with van der Waals surface area (Å²) in [4.78, 5) is 0. The molecular formula is C52H64. The van der Waals surface area contributed by atoms with Gasteiger partial charge < -0.3 is 0 Å². The maximum Gasteiger partial charge on any atom is 0.0249 e. The van der Waals surface area contributed by atoms with Gasteiger partial charge in [-0.3, -0.25) is 0 Å². The molecule has 0 aliphatic rings. The second kappa shape index (κ2) is 25.7. The van der Waals surface area contributed by atoms with Crippen LogP contribution in [0.4, 0.5) is 0 Å². The number of hydrogen-bond acceptors (Lipinski definition) is 0.